The highest BCUT2D eigenvalue weighted by Gasteiger charge is 2.11. The van der Waals surface area contributed by atoms with Crippen molar-refractivity contribution in [2.24, 2.45) is 0 Å². The van der Waals surface area contributed by atoms with E-state index in [1.54, 1.807) is 32.2 Å². The van der Waals surface area contributed by atoms with Gasteiger partial charge >= 0.3 is 0 Å². The molecule has 5 nitrogen and oxygen atoms in total. The summed E-state index contributed by atoms with van der Waals surface area (Å²) < 4.78 is 22.6. The Labute approximate surface area is 196 Å². The fraction of sp³-hybridized carbons (Fsp3) is 0.160. The lowest BCUT2D eigenvalue weighted by atomic mass is 10.2. The smallest absolute Gasteiger partial charge is 0.162 e. The Hall–Kier alpha value is -3.09. The van der Waals surface area contributed by atoms with Gasteiger partial charge in [0.1, 0.15) is 17.2 Å². The lowest BCUT2D eigenvalue weighted by Crippen LogP contribution is -2.00. The zero-order chi connectivity index (χ0) is 22.3. The van der Waals surface area contributed by atoms with Crippen molar-refractivity contribution in [2.45, 2.75) is 4.90 Å². The van der Waals surface area contributed by atoms with Crippen molar-refractivity contribution < 1.29 is 18.9 Å². The monoisotopic (exact) mass is 467 g/mol. The summed E-state index contributed by atoms with van der Waals surface area (Å²) in [7, 11) is 3.21. The number of fused-ring (bicyclic) bond motifs is 1. The van der Waals surface area contributed by atoms with E-state index in [2.05, 4.69) is 4.98 Å². The molecule has 1 aromatic heterocycles. The van der Waals surface area contributed by atoms with Crippen molar-refractivity contribution in [1.82, 2.24) is 4.98 Å². The molecule has 0 amide bonds. The summed E-state index contributed by atoms with van der Waals surface area (Å²) in [5.41, 5.74) is 0.769. The molecule has 0 fully saturated rings. The van der Waals surface area contributed by atoms with E-state index in [9.17, 15) is 0 Å². The lowest BCUT2D eigenvalue weighted by Gasteiger charge is -2.12. The molecule has 3 aromatic carbocycles. The highest BCUT2D eigenvalue weighted by atomic mass is 35.5. The molecule has 0 aliphatic heterocycles. The minimum atomic E-state index is 0.570. The summed E-state index contributed by atoms with van der Waals surface area (Å²) in [6, 6.07) is 21.0. The van der Waals surface area contributed by atoms with Gasteiger partial charge in [0.15, 0.2) is 11.5 Å². The second-order valence-electron chi connectivity index (χ2n) is 6.73. The third-order valence-electron chi connectivity index (χ3n) is 4.70. The summed E-state index contributed by atoms with van der Waals surface area (Å²) >= 11 is 7.82. The van der Waals surface area contributed by atoms with E-state index in [0.29, 0.717) is 34.6 Å². The molecule has 164 valence electrons. The van der Waals surface area contributed by atoms with Crippen LogP contribution in [0.25, 0.3) is 10.9 Å². The van der Waals surface area contributed by atoms with Crippen LogP contribution in [0.5, 0.6) is 28.7 Å². The third kappa shape index (κ3) is 5.21. The Morgan fingerprint density at radius 1 is 0.844 bits per heavy atom. The van der Waals surface area contributed by atoms with Gasteiger partial charge in [-0.25, -0.2) is 0 Å². The van der Waals surface area contributed by atoms with Crippen LogP contribution in [0.3, 0.4) is 0 Å². The number of halogens is 1. The molecule has 1 heterocycles. The summed E-state index contributed by atoms with van der Waals surface area (Å²) in [5, 5.41) is 1.47. The van der Waals surface area contributed by atoms with Gasteiger partial charge in [0.05, 0.1) is 31.4 Å². The summed E-state index contributed by atoms with van der Waals surface area (Å²) in [6.07, 6.45) is 1.72. The maximum absolute atomic E-state index is 6.13. The van der Waals surface area contributed by atoms with E-state index in [0.717, 1.165) is 27.3 Å². The summed E-state index contributed by atoms with van der Waals surface area (Å²) in [6.45, 7) is 0.570. The number of pyridine rings is 1. The van der Waals surface area contributed by atoms with Crippen molar-refractivity contribution >= 4 is 34.3 Å². The predicted molar refractivity (Wildman–Crippen MR) is 129 cm³/mol. The predicted octanol–water partition coefficient (Wildman–Crippen LogP) is 6.87. The zero-order valence-corrected chi connectivity index (χ0v) is 19.3. The molecule has 0 aliphatic rings. The molecular formula is C25H22ClNO4S. The lowest BCUT2D eigenvalue weighted by molar-refractivity contribution is 0.344. The Morgan fingerprint density at radius 3 is 2.34 bits per heavy atom. The van der Waals surface area contributed by atoms with Gasteiger partial charge in [0, 0.05) is 28.3 Å². The van der Waals surface area contributed by atoms with E-state index in [4.69, 9.17) is 30.5 Å². The SMILES string of the molecule is COc1cc2nccc(Oc3ccc(SCCOc4ccccc4Cl)cc3)c2cc1OC. The highest BCUT2D eigenvalue weighted by molar-refractivity contribution is 7.99. The van der Waals surface area contributed by atoms with Crippen LogP contribution in [0, 0.1) is 0 Å². The summed E-state index contributed by atoms with van der Waals surface area (Å²) in [4.78, 5) is 5.54. The van der Waals surface area contributed by atoms with Crippen molar-refractivity contribution in [3.63, 3.8) is 0 Å². The van der Waals surface area contributed by atoms with E-state index in [1.165, 1.54) is 0 Å². The van der Waals surface area contributed by atoms with E-state index >= 15 is 0 Å². The first-order valence-electron chi connectivity index (χ1n) is 9.96. The Bertz CT molecular complexity index is 1200. The van der Waals surface area contributed by atoms with Crippen LogP contribution < -0.4 is 18.9 Å². The molecule has 0 spiro atoms. The number of rotatable bonds is 9. The van der Waals surface area contributed by atoms with Crippen LogP contribution in [-0.4, -0.2) is 31.6 Å². The van der Waals surface area contributed by atoms with E-state index in [1.807, 2.05) is 66.7 Å². The molecule has 7 heteroatoms. The number of aromatic nitrogens is 1. The van der Waals surface area contributed by atoms with Crippen LogP contribution in [0.2, 0.25) is 5.02 Å². The maximum atomic E-state index is 6.13. The van der Waals surface area contributed by atoms with E-state index < -0.39 is 0 Å². The van der Waals surface area contributed by atoms with Gasteiger partial charge in [-0.15, -0.1) is 11.8 Å². The standard InChI is InChI=1S/C25H22ClNO4S/c1-28-24-15-19-21(16-25(24)29-2)27-12-11-22(19)31-17-7-9-18(10-8-17)32-14-13-30-23-6-4-3-5-20(23)26/h3-12,15-16H,13-14H2,1-2H3. The molecule has 0 unspecified atom stereocenters. The van der Waals surface area contributed by atoms with Crippen LogP contribution >= 0.6 is 23.4 Å². The molecule has 0 radical (unpaired) electrons. The van der Waals surface area contributed by atoms with Gasteiger partial charge in [-0.05, 0) is 48.5 Å². The van der Waals surface area contributed by atoms with Crippen molar-refractivity contribution in [2.75, 3.05) is 26.6 Å². The molecule has 4 rings (SSSR count). The topological polar surface area (TPSA) is 49.8 Å². The van der Waals surface area contributed by atoms with Gasteiger partial charge in [0.25, 0.3) is 0 Å². The third-order valence-corrected chi connectivity index (χ3v) is 5.99. The Morgan fingerprint density at radius 2 is 1.59 bits per heavy atom. The number of hydrogen-bond acceptors (Lipinski definition) is 6. The molecule has 0 saturated carbocycles. The fourth-order valence-electron chi connectivity index (χ4n) is 3.14. The minimum Gasteiger partial charge on any atom is -0.493 e. The first-order chi connectivity index (χ1) is 15.7. The van der Waals surface area contributed by atoms with Crippen LogP contribution in [-0.2, 0) is 0 Å². The average molecular weight is 468 g/mol. The zero-order valence-electron chi connectivity index (χ0n) is 17.7. The molecule has 0 bridgehead atoms. The highest BCUT2D eigenvalue weighted by Crippen LogP contribution is 2.37. The number of thioether (sulfide) groups is 1. The van der Waals surface area contributed by atoms with Gasteiger partial charge in [0.2, 0.25) is 0 Å². The van der Waals surface area contributed by atoms with Crippen molar-refractivity contribution in [3.8, 4) is 28.7 Å². The number of para-hydroxylation sites is 1. The minimum absolute atomic E-state index is 0.570. The quantitative estimate of drug-likeness (QED) is 0.198. The molecule has 32 heavy (non-hydrogen) atoms. The van der Waals surface area contributed by atoms with Gasteiger partial charge in [-0.2, -0.15) is 0 Å². The van der Waals surface area contributed by atoms with E-state index in [-0.39, 0.29) is 0 Å². The maximum Gasteiger partial charge on any atom is 0.162 e. The number of methoxy groups -OCH3 is 2. The molecule has 0 N–H and O–H groups in total. The normalized spacial score (nSPS) is 10.7. The fourth-order valence-corrected chi connectivity index (χ4v) is 4.06. The Kier molecular flexibility index (Phi) is 7.24. The van der Waals surface area contributed by atoms with Gasteiger partial charge < -0.3 is 18.9 Å². The average Bonchev–Trinajstić information content (AvgIpc) is 2.83. The second kappa shape index (κ2) is 10.5. The van der Waals surface area contributed by atoms with Gasteiger partial charge in [-0.3, -0.25) is 4.98 Å². The first kappa shape index (κ1) is 22.1. The molecule has 0 aliphatic carbocycles. The molecule has 0 saturated heterocycles. The number of benzene rings is 3. The number of nitrogens with zero attached hydrogens (tertiary/aromatic N) is 1. The molecule has 0 atom stereocenters. The number of hydrogen-bond donors (Lipinski definition) is 0. The molecular weight excluding hydrogens is 446 g/mol. The van der Waals surface area contributed by atoms with Gasteiger partial charge in [-0.1, -0.05) is 23.7 Å². The largest absolute Gasteiger partial charge is 0.493 e. The van der Waals surface area contributed by atoms with Crippen molar-refractivity contribution in [1.29, 1.82) is 0 Å². The summed E-state index contributed by atoms with van der Waals surface area (Å²) in [5.74, 6) is 4.21. The molecule has 4 aromatic rings. The first-order valence-corrected chi connectivity index (χ1v) is 11.3. The van der Waals surface area contributed by atoms with Crippen LogP contribution in [0.15, 0.2) is 77.8 Å². The van der Waals surface area contributed by atoms with Crippen LogP contribution in [0.4, 0.5) is 0 Å². The Balaban J connectivity index is 1.39. The number of ether oxygens (including phenoxy) is 4. The second-order valence-corrected chi connectivity index (χ2v) is 8.31. The van der Waals surface area contributed by atoms with Crippen LogP contribution in [0.1, 0.15) is 0 Å². The van der Waals surface area contributed by atoms with Crippen molar-refractivity contribution in [3.05, 3.63) is 77.9 Å².